The van der Waals surface area contributed by atoms with Gasteiger partial charge in [-0.1, -0.05) is 28.8 Å². The van der Waals surface area contributed by atoms with Crippen LogP contribution in [0.1, 0.15) is 26.4 Å². The highest BCUT2D eigenvalue weighted by Gasteiger charge is 2.38. The van der Waals surface area contributed by atoms with Gasteiger partial charge in [-0.15, -0.1) is 0 Å². The Morgan fingerprint density at radius 2 is 1.73 bits per heavy atom. The molecular formula is C15H9ClN2O4. The van der Waals surface area contributed by atoms with E-state index in [-0.39, 0.29) is 17.5 Å². The topological polar surface area (TPSA) is 76.6 Å². The van der Waals surface area contributed by atoms with Crippen molar-refractivity contribution in [2.45, 2.75) is 6.42 Å². The van der Waals surface area contributed by atoms with Gasteiger partial charge in [0.1, 0.15) is 0 Å². The summed E-state index contributed by atoms with van der Waals surface area (Å²) in [5.74, 6) is -2.07. The number of rotatable bonds is 3. The Morgan fingerprint density at radius 3 is 2.27 bits per heavy atom. The summed E-state index contributed by atoms with van der Waals surface area (Å²) in [5, 5.41) is 0.917. The van der Waals surface area contributed by atoms with E-state index in [0.717, 1.165) is 0 Å². The van der Waals surface area contributed by atoms with Gasteiger partial charge in [0.25, 0.3) is 11.8 Å². The fraction of sp³-hybridized carbons (Fsp3) is 0.0667. The quantitative estimate of drug-likeness (QED) is 0.810. The van der Waals surface area contributed by atoms with Crippen molar-refractivity contribution < 1.29 is 19.2 Å². The molecule has 110 valence electrons. The summed E-state index contributed by atoms with van der Waals surface area (Å²) in [5.41, 5.74) is 0.848. The monoisotopic (exact) mass is 316 g/mol. The minimum atomic E-state index is -0.760. The van der Waals surface area contributed by atoms with E-state index in [1.807, 2.05) is 0 Å². The molecule has 6 nitrogen and oxygen atoms in total. The van der Waals surface area contributed by atoms with Crippen molar-refractivity contribution >= 4 is 29.4 Å². The number of imide groups is 1. The lowest BCUT2D eigenvalue weighted by atomic mass is 10.1. The molecule has 0 atom stereocenters. The minimum absolute atomic E-state index is 0.176. The van der Waals surface area contributed by atoms with Gasteiger partial charge < -0.3 is 4.84 Å². The van der Waals surface area contributed by atoms with Gasteiger partial charge in [0.15, 0.2) is 0 Å². The van der Waals surface area contributed by atoms with Gasteiger partial charge in [0.2, 0.25) is 0 Å². The second-order valence-electron chi connectivity index (χ2n) is 4.56. The van der Waals surface area contributed by atoms with E-state index in [4.69, 9.17) is 16.4 Å². The van der Waals surface area contributed by atoms with Crippen LogP contribution in [0.25, 0.3) is 0 Å². The van der Waals surface area contributed by atoms with E-state index < -0.39 is 17.8 Å². The van der Waals surface area contributed by atoms with Crippen LogP contribution in [0.5, 0.6) is 0 Å². The van der Waals surface area contributed by atoms with Crippen molar-refractivity contribution in [2.24, 2.45) is 0 Å². The number of carbonyl (C=O) groups is 3. The van der Waals surface area contributed by atoms with Gasteiger partial charge >= 0.3 is 5.97 Å². The third-order valence-electron chi connectivity index (χ3n) is 3.06. The highest BCUT2D eigenvalue weighted by atomic mass is 35.5. The average Bonchev–Trinajstić information content (AvgIpc) is 2.75. The summed E-state index contributed by atoms with van der Waals surface area (Å²) in [6, 6.07) is 9.42. The van der Waals surface area contributed by atoms with Crippen molar-refractivity contribution in [2.75, 3.05) is 0 Å². The Balaban J connectivity index is 1.71. The van der Waals surface area contributed by atoms with Crippen molar-refractivity contribution in [1.82, 2.24) is 10.0 Å². The van der Waals surface area contributed by atoms with E-state index >= 15 is 0 Å². The lowest BCUT2D eigenvalue weighted by molar-refractivity contribution is -0.167. The molecule has 7 heteroatoms. The third kappa shape index (κ3) is 2.56. The minimum Gasteiger partial charge on any atom is -0.329 e. The molecule has 0 spiro atoms. The first-order chi connectivity index (χ1) is 10.6. The van der Waals surface area contributed by atoms with Crippen LogP contribution in [0, 0.1) is 0 Å². The number of amides is 2. The van der Waals surface area contributed by atoms with Crippen LogP contribution in [-0.2, 0) is 16.1 Å². The van der Waals surface area contributed by atoms with Crippen LogP contribution in [0.4, 0.5) is 0 Å². The number of carbonyl (C=O) groups excluding carboxylic acids is 3. The molecule has 22 heavy (non-hydrogen) atoms. The maximum atomic E-state index is 12.0. The predicted octanol–water partition coefficient (Wildman–Crippen LogP) is 2.03. The molecule has 3 rings (SSSR count). The molecule has 0 N–H and O–H groups in total. The van der Waals surface area contributed by atoms with Crippen LogP contribution < -0.4 is 0 Å². The highest BCUT2D eigenvalue weighted by Crippen LogP contribution is 2.22. The maximum Gasteiger partial charge on any atom is 0.339 e. The lowest BCUT2D eigenvalue weighted by Gasteiger charge is -2.12. The number of aromatic nitrogens is 1. The van der Waals surface area contributed by atoms with Gasteiger partial charge in [-0.05, 0) is 24.3 Å². The number of fused-ring (bicyclic) bond motifs is 1. The molecule has 1 aromatic carbocycles. The molecule has 0 radical (unpaired) electrons. The molecule has 0 bridgehead atoms. The van der Waals surface area contributed by atoms with Crippen LogP contribution in [0.15, 0.2) is 42.6 Å². The molecule has 0 saturated carbocycles. The Labute approximate surface area is 130 Å². The number of nitrogens with zero attached hydrogens (tertiary/aromatic N) is 2. The van der Waals surface area contributed by atoms with Crippen molar-refractivity contribution in [3.63, 3.8) is 0 Å². The van der Waals surface area contributed by atoms with E-state index in [2.05, 4.69) is 4.98 Å². The Hall–Kier alpha value is -2.73. The molecule has 1 aromatic heterocycles. The summed E-state index contributed by atoms with van der Waals surface area (Å²) in [4.78, 5) is 44.7. The third-order valence-corrected chi connectivity index (χ3v) is 3.29. The first-order valence-electron chi connectivity index (χ1n) is 6.35. The Morgan fingerprint density at radius 1 is 1.09 bits per heavy atom. The average molecular weight is 317 g/mol. The van der Waals surface area contributed by atoms with Gasteiger partial charge in [-0.2, -0.15) is 0 Å². The summed E-state index contributed by atoms with van der Waals surface area (Å²) in [7, 11) is 0. The van der Waals surface area contributed by atoms with E-state index in [0.29, 0.717) is 15.8 Å². The molecule has 1 aliphatic rings. The zero-order chi connectivity index (χ0) is 15.7. The zero-order valence-electron chi connectivity index (χ0n) is 11.2. The van der Waals surface area contributed by atoms with E-state index in [9.17, 15) is 14.4 Å². The molecule has 2 amide bonds. The molecule has 0 fully saturated rings. The number of hydrogen-bond donors (Lipinski definition) is 0. The van der Waals surface area contributed by atoms with Crippen LogP contribution in [0.2, 0.25) is 5.02 Å². The predicted molar refractivity (Wildman–Crippen MR) is 76.0 cm³/mol. The van der Waals surface area contributed by atoms with Crippen LogP contribution >= 0.6 is 11.6 Å². The van der Waals surface area contributed by atoms with Crippen molar-refractivity contribution in [3.8, 4) is 0 Å². The van der Waals surface area contributed by atoms with Crippen LogP contribution in [0.3, 0.4) is 0 Å². The molecule has 0 saturated heterocycles. The Bertz CT molecular complexity index is 738. The summed E-state index contributed by atoms with van der Waals surface area (Å²) >= 11 is 5.70. The molecule has 0 aliphatic carbocycles. The van der Waals surface area contributed by atoms with Crippen molar-refractivity contribution in [1.29, 1.82) is 0 Å². The van der Waals surface area contributed by atoms with Gasteiger partial charge in [-0.25, -0.2) is 4.79 Å². The SMILES string of the molecule is O=C(Cc1ccc(Cl)cn1)ON1C(=O)c2ccccc2C1=O. The smallest absolute Gasteiger partial charge is 0.329 e. The van der Waals surface area contributed by atoms with Crippen LogP contribution in [-0.4, -0.2) is 27.8 Å². The van der Waals surface area contributed by atoms with Gasteiger partial charge in [-0.3, -0.25) is 14.6 Å². The summed E-state index contributed by atoms with van der Waals surface area (Å²) < 4.78 is 0. The largest absolute Gasteiger partial charge is 0.339 e. The second-order valence-corrected chi connectivity index (χ2v) is 4.99. The molecule has 1 aliphatic heterocycles. The molecule has 2 heterocycles. The van der Waals surface area contributed by atoms with E-state index in [1.54, 1.807) is 24.3 Å². The first-order valence-corrected chi connectivity index (χ1v) is 6.73. The van der Waals surface area contributed by atoms with Crippen molar-refractivity contribution in [3.05, 3.63) is 64.4 Å². The lowest BCUT2D eigenvalue weighted by Crippen LogP contribution is -2.33. The number of benzene rings is 1. The fourth-order valence-electron chi connectivity index (χ4n) is 2.04. The maximum absolute atomic E-state index is 12.0. The van der Waals surface area contributed by atoms with Gasteiger partial charge in [0, 0.05) is 6.20 Å². The highest BCUT2D eigenvalue weighted by molar-refractivity contribution is 6.30. The number of hydrogen-bond acceptors (Lipinski definition) is 5. The fourth-order valence-corrected chi connectivity index (χ4v) is 2.15. The standard InChI is InChI=1S/C15H9ClN2O4/c16-9-5-6-10(17-8-9)7-13(19)22-18-14(20)11-3-1-2-4-12(11)15(18)21/h1-6,8H,7H2. The Kier molecular flexibility index (Phi) is 3.60. The first kappa shape index (κ1) is 14.2. The molecule has 2 aromatic rings. The second kappa shape index (κ2) is 5.57. The molecule has 0 unspecified atom stereocenters. The summed E-state index contributed by atoms with van der Waals surface area (Å²) in [6.07, 6.45) is 1.22. The number of pyridine rings is 1. The summed E-state index contributed by atoms with van der Waals surface area (Å²) in [6.45, 7) is 0. The van der Waals surface area contributed by atoms with Gasteiger partial charge in [0.05, 0.1) is 28.3 Å². The van der Waals surface area contributed by atoms with E-state index in [1.165, 1.54) is 18.3 Å². The number of halogens is 1. The zero-order valence-corrected chi connectivity index (χ0v) is 11.9. The normalized spacial score (nSPS) is 13.2. The molecular weight excluding hydrogens is 308 g/mol. The number of hydroxylamine groups is 2.